The first-order valence-corrected chi connectivity index (χ1v) is 8.37. The quantitative estimate of drug-likeness (QED) is 0.586. The van der Waals surface area contributed by atoms with Gasteiger partial charge in [-0.1, -0.05) is 31.2 Å². The van der Waals surface area contributed by atoms with E-state index in [4.69, 9.17) is 14.7 Å². The number of carbonyl (C=O) groups excluding carboxylic acids is 1. The van der Waals surface area contributed by atoms with E-state index in [2.05, 4.69) is 5.48 Å². The summed E-state index contributed by atoms with van der Waals surface area (Å²) >= 11 is 0. The van der Waals surface area contributed by atoms with Crippen LogP contribution < -0.4 is 5.48 Å². The second-order valence-corrected chi connectivity index (χ2v) is 5.71. The Hall–Kier alpha value is -2.44. The number of aliphatic carboxylic acids is 1. The lowest BCUT2D eigenvalue weighted by atomic mass is 10.1. The number of hydroxylamine groups is 1. The molecular formula is C19H23NO5. The summed E-state index contributed by atoms with van der Waals surface area (Å²) in [5.41, 5.74) is 4.34. The lowest BCUT2D eigenvalue weighted by Crippen LogP contribution is -2.32. The van der Waals surface area contributed by atoms with Crippen molar-refractivity contribution in [1.82, 2.24) is 5.48 Å². The van der Waals surface area contributed by atoms with E-state index >= 15 is 0 Å². The molecule has 0 aromatic heterocycles. The molecule has 2 N–H and O–H groups in total. The molecule has 1 aromatic rings. The highest BCUT2D eigenvalue weighted by Gasteiger charge is 2.14. The van der Waals surface area contributed by atoms with Crippen molar-refractivity contribution in [1.29, 1.82) is 0 Å². The summed E-state index contributed by atoms with van der Waals surface area (Å²) in [5.74, 6) is -1.28. The number of carboxylic acids is 1. The Morgan fingerprint density at radius 3 is 2.60 bits per heavy atom. The molecule has 1 saturated heterocycles. The van der Waals surface area contributed by atoms with Gasteiger partial charge >= 0.3 is 5.97 Å². The standard InChI is InChI=1S/C19H23NO5/c1-2-16(19(22)23)13-15-8-6-14(7-9-15)10-11-17(21)20-25-18-5-3-4-12-24-18/h6-11,13,18H,2-5,12H2,1H3,(H,20,21)(H,22,23). The third-order valence-electron chi connectivity index (χ3n) is 3.79. The maximum absolute atomic E-state index is 11.7. The molecule has 134 valence electrons. The molecule has 25 heavy (non-hydrogen) atoms. The molecule has 1 aliphatic heterocycles. The molecule has 1 atom stereocenters. The Morgan fingerprint density at radius 1 is 1.28 bits per heavy atom. The molecule has 0 bridgehead atoms. The van der Waals surface area contributed by atoms with Crippen molar-refractivity contribution in [3.05, 3.63) is 47.0 Å². The summed E-state index contributed by atoms with van der Waals surface area (Å²) in [6.07, 6.45) is 7.58. The smallest absolute Gasteiger partial charge is 0.331 e. The van der Waals surface area contributed by atoms with Crippen molar-refractivity contribution in [2.24, 2.45) is 0 Å². The Balaban J connectivity index is 1.86. The molecule has 1 fully saturated rings. The highest BCUT2D eigenvalue weighted by atomic mass is 16.8. The minimum Gasteiger partial charge on any atom is -0.478 e. The Kier molecular flexibility index (Phi) is 7.37. The third-order valence-corrected chi connectivity index (χ3v) is 3.79. The van der Waals surface area contributed by atoms with Crippen LogP contribution in [0.1, 0.15) is 43.7 Å². The van der Waals surface area contributed by atoms with Crippen LogP contribution >= 0.6 is 0 Å². The van der Waals surface area contributed by atoms with E-state index < -0.39 is 5.97 Å². The monoisotopic (exact) mass is 345 g/mol. The van der Waals surface area contributed by atoms with Crippen molar-refractivity contribution < 1.29 is 24.3 Å². The number of amides is 1. The van der Waals surface area contributed by atoms with Gasteiger partial charge in [0.1, 0.15) is 0 Å². The summed E-state index contributed by atoms with van der Waals surface area (Å²) in [7, 11) is 0. The molecule has 1 aromatic carbocycles. The molecular weight excluding hydrogens is 322 g/mol. The number of carbonyl (C=O) groups is 2. The van der Waals surface area contributed by atoms with Crippen molar-refractivity contribution in [3.63, 3.8) is 0 Å². The number of nitrogens with one attached hydrogen (secondary N) is 1. The number of hydrogen-bond acceptors (Lipinski definition) is 4. The SMILES string of the molecule is CCC(=Cc1ccc(C=CC(=O)NOC2CCCCO2)cc1)C(=O)O. The van der Waals surface area contributed by atoms with Gasteiger partial charge in [-0.05, 0) is 42.5 Å². The molecule has 0 radical (unpaired) electrons. The molecule has 6 nitrogen and oxygen atoms in total. The number of carboxylic acid groups (broad SMARTS) is 1. The first-order chi connectivity index (χ1) is 12.1. The lowest BCUT2D eigenvalue weighted by molar-refractivity contribution is -0.198. The van der Waals surface area contributed by atoms with Crippen LogP contribution in [-0.4, -0.2) is 29.9 Å². The zero-order chi connectivity index (χ0) is 18.1. The van der Waals surface area contributed by atoms with Crippen molar-refractivity contribution >= 4 is 24.0 Å². The number of hydrogen-bond donors (Lipinski definition) is 2. The van der Waals surface area contributed by atoms with E-state index in [1.807, 2.05) is 24.3 Å². The van der Waals surface area contributed by atoms with E-state index in [1.165, 1.54) is 6.08 Å². The van der Waals surface area contributed by atoms with Gasteiger partial charge in [0.05, 0.1) is 0 Å². The number of benzene rings is 1. The summed E-state index contributed by atoms with van der Waals surface area (Å²) in [6.45, 7) is 2.45. The molecule has 6 heteroatoms. The van der Waals surface area contributed by atoms with Gasteiger partial charge in [-0.2, -0.15) is 0 Å². The van der Waals surface area contributed by atoms with Gasteiger partial charge in [0.25, 0.3) is 5.91 Å². The zero-order valence-corrected chi connectivity index (χ0v) is 14.2. The van der Waals surface area contributed by atoms with Gasteiger partial charge in [-0.15, -0.1) is 0 Å². The van der Waals surface area contributed by atoms with Crippen LogP contribution in [0.15, 0.2) is 35.9 Å². The molecule has 0 saturated carbocycles. The molecule has 1 aliphatic rings. The van der Waals surface area contributed by atoms with Crippen LogP contribution in [0, 0.1) is 0 Å². The first kappa shape index (κ1) is 18.9. The Labute approximate surface area is 147 Å². The number of rotatable bonds is 7. The third kappa shape index (κ3) is 6.52. The minimum absolute atomic E-state index is 0.352. The van der Waals surface area contributed by atoms with E-state index in [9.17, 15) is 9.59 Å². The molecule has 2 rings (SSSR count). The normalized spacial score (nSPS) is 18.3. The molecule has 1 unspecified atom stereocenters. The lowest BCUT2D eigenvalue weighted by Gasteiger charge is -2.21. The first-order valence-electron chi connectivity index (χ1n) is 8.37. The number of ether oxygens (including phenoxy) is 1. The highest BCUT2D eigenvalue weighted by Crippen LogP contribution is 2.13. The second-order valence-electron chi connectivity index (χ2n) is 5.71. The fourth-order valence-corrected chi connectivity index (χ4v) is 2.35. The van der Waals surface area contributed by atoms with Crippen LogP contribution in [-0.2, 0) is 19.2 Å². The largest absolute Gasteiger partial charge is 0.478 e. The average Bonchev–Trinajstić information content (AvgIpc) is 2.64. The topological polar surface area (TPSA) is 84.9 Å². The van der Waals surface area contributed by atoms with Gasteiger partial charge in [0.2, 0.25) is 0 Å². The predicted octanol–water partition coefficient (Wildman–Crippen LogP) is 3.15. The summed E-state index contributed by atoms with van der Waals surface area (Å²) in [4.78, 5) is 27.9. The highest BCUT2D eigenvalue weighted by molar-refractivity contribution is 5.92. The summed E-state index contributed by atoms with van der Waals surface area (Å²) in [5, 5.41) is 9.03. The second kappa shape index (κ2) is 9.76. The van der Waals surface area contributed by atoms with Crippen molar-refractivity contribution in [2.75, 3.05) is 6.61 Å². The van der Waals surface area contributed by atoms with Gasteiger partial charge in [-0.25, -0.2) is 15.1 Å². The fraction of sp³-hybridized carbons (Fsp3) is 0.368. The van der Waals surface area contributed by atoms with Crippen LogP contribution in [0.25, 0.3) is 12.2 Å². The van der Waals surface area contributed by atoms with Crippen LogP contribution in [0.5, 0.6) is 0 Å². The maximum atomic E-state index is 11.7. The predicted molar refractivity (Wildman–Crippen MR) is 94.2 cm³/mol. The van der Waals surface area contributed by atoms with Gasteiger partial charge in [0, 0.05) is 24.7 Å². The summed E-state index contributed by atoms with van der Waals surface area (Å²) in [6, 6.07) is 7.25. The van der Waals surface area contributed by atoms with E-state index in [0.717, 1.165) is 30.4 Å². The average molecular weight is 345 g/mol. The van der Waals surface area contributed by atoms with E-state index in [1.54, 1.807) is 19.1 Å². The Morgan fingerprint density at radius 2 is 2.00 bits per heavy atom. The Bertz CT molecular complexity index is 642. The fourth-order valence-electron chi connectivity index (χ4n) is 2.35. The van der Waals surface area contributed by atoms with E-state index in [0.29, 0.717) is 18.6 Å². The zero-order valence-electron chi connectivity index (χ0n) is 14.2. The van der Waals surface area contributed by atoms with Crippen LogP contribution in [0.4, 0.5) is 0 Å². The van der Waals surface area contributed by atoms with E-state index in [-0.39, 0.29) is 12.2 Å². The van der Waals surface area contributed by atoms with Crippen LogP contribution in [0.2, 0.25) is 0 Å². The van der Waals surface area contributed by atoms with Crippen molar-refractivity contribution in [2.45, 2.75) is 38.9 Å². The summed E-state index contributed by atoms with van der Waals surface area (Å²) < 4.78 is 5.35. The molecule has 0 spiro atoms. The van der Waals surface area contributed by atoms with Crippen LogP contribution in [0.3, 0.4) is 0 Å². The maximum Gasteiger partial charge on any atom is 0.331 e. The minimum atomic E-state index is -0.912. The molecule has 1 amide bonds. The van der Waals surface area contributed by atoms with Gasteiger partial charge in [-0.3, -0.25) is 4.79 Å². The molecule has 1 heterocycles. The van der Waals surface area contributed by atoms with Gasteiger partial charge < -0.3 is 9.84 Å². The molecule has 0 aliphatic carbocycles. The van der Waals surface area contributed by atoms with Gasteiger partial charge in [0.15, 0.2) is 6.29 Å². The van der Waals surface area contributed by atoms with Crippen molar-refractivity contribution in [3.8, 4) is 0 Å².